The molecule has 0 aliphatic rings. The number of amides is 1. The first-order valence-electron chi connectivity index (χ1n) is 9.80. The van der Waals surface area contributed by atoms with E-state index in [0.717, 1.165) is 5.56 Å². The van der Waals surface area contributed by atoms with Crippen molar-refractivity contribution in [2.24, 2.45) is 0 Å². The number of anilines is 2. The molecule has 0 aliphatic heterocycles. The highest BCUT2D eigenvalue weighted by Crippen LogP contribution is 2.29. The molecule has 4 rings (SSSR count). The van der Waals surface area contributed by atoms with Gasteiger partial charge in [0.15, 0.2) is 10.3 Å². The summed E-state index contributed by atoms with van der Waals surface area (Å²) in [6.45, 7) is 1.71. The number of nitro groups is 1. The molecule has 2 aromatic heterocycles. The number of rotatable bonds is 8. The molecule has 3 N–H and O–H groups in total. The van der Waals surface area contributed by atoms with E-state index >= 15 is 0 Å². The fourth-order valence-corrected chi connectivity index (χ4v) is 4.74. The number of carbonyl (C=O) groups excluding carboxylic acids is 1. The summed E-state index contributed by atoms with van der Waals surface area (Å²) in [5, 5.41) is 24.5. The number of nitrogen functional groups attached to an aromatic ring is 1. The van der Waals surface area contributed by atoms with Crippen LogP contribution in [-0.4, -0.2) is 30.6 Å². The lowest BCUT2D eigenvalue weighted by Crippen LogP contribution is -2.25. The number of non-ortho nitro benzene ring substituents is 1. The maximum atomic E-state index is 12.9. The van der Waals surface area contributed by atoms with Crippen molar-refractivity contribution in [3.05, 3.63) is 75.7 Å². The zero-order valence-corrected chi connectivity index (χ0v) is 19.0. The third-order valence-electron chi connectivity index (χ3n) is 4.76. The van der Waals surface area contributed by atoms with Crippen molar-refractivity contribution >= 4 is 45.8 Å². The molecule has 1 atom stereocenters. The lowest BCUT2D eigenvalue weighted by atomic mass is 10.1. The van der Waals surface area contributed by atoms with Crippen molar-refractivity contribution < 1.29 is 9.72 Å². The fraction of sp³-hybridized carbons (Fsp3) is 0.143. The molecular formula is C21H19N7O3S2. The van der Waals surface area contributed by atoms with Crippen LogP contribution in [0.2, 0.25) is 0 Å². The minimum absolute atomic E-state index is 0.0247. The summed E-state index contributed by atoms with van der Waals surface area (Å²) in [4.78, 5) is 27.8. The summed E-state index contributed by atoms with van der Waals surface area (Å²) in [5.41, 5.74) is 8.21. The van der Waals surface area contributed by atoms with E-state index in [1.54, 1.807) is 29.0 Å². The monoisotopic (exact) mass is 481 g/mol. The Hall–Kier alpha value is -3.77. The fourth-order valence-electron chi connectivity index (χ4n) is 3.04. The van der Waals surface area contributed by atoms with Gasteiger partial charge >= 0.3 is 0 Å². The molecule has 1 unspecified atom stereocenters. The summed E-state index contributed by atoms with van der Waals surface area (Å²) in [6.07, 6.45) is 0. The Bertz CT molecular complexity index is 1290. The minimum Gasteiger partial charge on any atom is -0.368 e. The van der Waals surface area contributed by atoms with E-state index in [9.17, 15) is 14.9 Å². The van der Waals surface area contributed by atoms with Crippen molar-refractivity contribution in [1.29, 1.82) is 0 Å². The molecule has 2 heterocycles. The summed E-state index contributed by atoms with van der Waals surface area (Å²) in [6, 6.07) is 15.4. The van der Waals surface area contributed by atoms with Gasteiger partial charge in [0.1, 0.15) is 6.04 Å². The second-order valence-corrected chi connectivity index (χ2v) is 8.80. The molecular weight excluding hydrogens is 462 g/mol. The molecule has 0 saturated carbocycles. The number of thiazole rings is 1. The molecule has 1 amide bonds. The van der Waals surface area contributed by atoms with E-state index in [1.807, 2.05) is 30.3 Å². The topological polar surface area (TPSA) is 142 Å². The third kappa shape index (κ3) is 5.18. The number of carbonyl (C=O) groups is 1. The molecule has 168 valence electrons. The molecule has 10 nitrogen and oxygen atoms in total. The van der Waals surface area contributed by atoms with Gasteiger partial charge in [-0.05, 0) is 12.5 Å². The maximum Gasteiger partial charge on any atom is 0.270 e. The van der Waals surface area contributed by atoms with Crippen molar-refractivity contribution in [2.45, 2.75) is 23.9 Å². The predicted molar refractivity (Wildman–Crippen MR) is 128 cm³/mol. The van der Waals surface area contributed by atoms with Gasteiger partial charge < -0.3 is 11.1 Å². The average molecular weight is 482 g/mol. The maximum absolute atomic E-state index is 12.9. The van der Waals surface area contributed by atoms with E-state index in [1.165, 1.54) is 35.2 Å². The minimum atomic E-state index is -0.677. The molecule has 12 heteroatoms. The molecule has 0 saturated heterocycles. The van der Waals surface area contributed by atoms with Gasteiger partial charge in [0, 0.05) is 28.8 Å². The van der Waals surface area contributed by atoms with Crippen LogP contribution in [0.3, 0.4) is 0 Å². The molecule has 0 spiro atoms. The Labute approximate surface area is 197 Å². The number of nitrogens with one attached hydrogen (secondary N) is 1. The molecule has 4 aromatic rings. The van der Waals surface area contributed by atoms with Crippen LogP contribution in [0.4, 0.5) is 16.8 Å². The largest absolute Gasteiger partial charge is 0.368 e. The van der Waals surface area contributed by atoms with Gasteiger partial charge in [0.2, 0.25) is 11.9 Å². The van der Waals surface area contributed by atoms with Crippen LogP contribution in [0.5, 0.6) is 0 Å². The zero-order chi connectivity index (χ0) is 23.4. The third-order valence-corrected chi connectivity index (χ3v) is 6.53. The molecule has 33 heavy (non-hydrogen) atoms. The zero-order valence-electron chi connectivity index (χ0n) is 17.4. The smallest absolute Gasteiger partial charge is 0.270 e. The summed E-state index contributed by atoms with van der Waals surface area (Å²) >= 11 is 2.67. The second-order valence-electron chi connectivity index (χ2n) is 7.00. The predicted octanol–water partition coefficient (Wildman–Crippen LogP) is 4.38. The SMILES string of the molecule is CC(C(=O)Nc1nc(-c2cccc([N+](=O)[O-])c2)cs1)n1c(N)nnc1SCc1ccccc1. The van der Waals surface area contributed by atoms with Gasteiger partial charge in [-0.2, -0.15) is 0 Å². The number of nitrogens with zero attached hydrogens (tertiary/aromatic N) is 5. The van der Waals surface area contributed by atoms with E-state index < -0.39 is 11.0 Å². The van der Waals surface area contributed by atoms with Crippen LogP contribution in [0.15, 0.2) is 65.1 Å². The van der Waals surface area contributed by atoms with Crippen LogP contribution in [0, 0.1) is 10.1 Å². The number of hydrogen-bond acceptors (Lipinski definition) is 9. The standard InChI is InChI=1S/C21H19N7O3S2/c1-13(27-19(22)25-26-21(27)33-11-14-6-3-2-4-7-14)18(29)24-20-23-17(12-32-20)15-8-5-9-16(10-15)28(30)31/h2-10,12-13H,11H2,1H3,(H2,22,25)(H,23,24,29). The Kier molecular flexibility index (Phi) is 6.66. The summed E-state index contributed by atoms with van der Waals surface area (Å²) in [5.74, 6) is 0.472. The quantitative estimate of drug-likeness (QED) is 0.214. The van der Waals surface area contributed by atoms with Gasteiger partial charge in [-0.3, -0.25) is 19.5 Å². The highest BCUT2D eigenvalue weighted by Gasteiger charge is 2.23. The van der Waals surface area contributed by atoms with Gasteiger partial charge in [0.25, 0.3) is 5.69 Å². The highest BCUT2D eigenvalue weighted by atomic mass is 32.2. The molecule has 2 aromatic carbocycles. The van der Waals surface area contributed by atoms with Crippen LogP contribution in [-0.2, 0) is 10.5 Å². The lowest BCUT2D eigenvalue weighted by Gasteiger charge is -2.15. The molecule has 0 radical (unpaired) electrons. The van der Waals surface area contributed by atoms with Crippen LogP contribution < -0.4 is 11.1 Å². The van der Waals surface area contributed by atoms with E-state index in [0.29, 0.717) is 27.3 Å². The van der Waals surface area contributed by atoms with Gasteiger partial charge in [0.05, 0.1) is 10.6 Å². The number of benzene rings is 2. The lowest BCUT2D eigenvalue weighted by molar-refractivity contribution is -0.384. The summed E-state index contributed by atoms with van der Waals surface area (Å²) in [7, 11) is 0. The van der Waals surface area contributed by atoms with E-state index in [2.05, 4.69) is 20.5 Å². The Balaban J connectivity index is 1.46. The average Bonchev–Trinajstić information content (AvgIpc) is 3.44. The first-order valence-corrected chi connectivity index (χ1v) is 11.7. The Morgan fingerprint density at radius 3 is 2.79 bits per heavy atom. The molecule has 0 fully saturated rings. The Morgan fingerprint density at radius 1 is 1.24 bits per heavy atom. The first kappa shape index (κ1) is 22.4. The van der Waals surface area contributed by atoms with E-state index in [-0.39, 0.29) is 17.5 Å². The van der Waals surface area contributed by atoms with Gasteiger partial charge in [-0.1, -0.05) is 54.2 Å². The van der Waals surface area contributed by atoms with Crippen LogP contribution in [0.1, 0.15) is 18.5 Å². The number of nitrogens with two attached hydrogens (primary N) is 1. The van der Waals surface area contributed by atoms with Crippen molar-refractivity contribution in [3.8, 4) is 11.3 Å². The van der Waals surface area contributed by atoms with Crippen LogP contribution >= 0.6 is 23.1 Å². The number of thioether (sulfide) groups is 1. The Morgan fingerprint density at radius 2 is 2.03 bits per heavy atom. The van der Waals surface area contributed by atoms with Crippen molar-refractivity contribution in [2.75, 3.05) is 11.1 Å². The normalized spacial score (nSPS) is 11.8. The van der Waals surface area contributed by atoms with Crippen molar-refractivity contribution in [1.82, 2.24) is 19.7 Å². The van der Waals surface area contributed by atoms with Gasteiger partial charge in [-0.15, -0.1) is 21.5 Å². The first-order chi connectivity index (χ1) is 15.9. The second kappa shape index (κ2) is 9.79. The number of nitro benzene ring substituents is 1. The summed E-state index contributed by atoms with van der Waals surface area (Å²) < 4.78 is 1.58. The van der Waals surface area contributed by atoms with Crippen molar-refractivity contribution in [3.63, 3.8) is 0 Å². The number of aromatic nitrogens is 4. The van der Waals surface area contributed by atoms with E-state index in [4.69, 9.17) is 5.73 Å². The molecule has 0 aliphatic carbocycles. The highest BCUT2D eigenvalue weighted by molar-refractivity contribution is 7.98. The van der Waals surface area contributed by atoms with Crippen LogP contribution in [0.25, 0.3) is 11.3 Å². The number of hydrogen-bond donors (Lipinski definition) is 2. The van der Waals surface area contributed by atoms with Gasteiger partial charge in [-0.25, -0.2) is 4.98 Å². The molecule has 0 bridgehead atoms.